The Labute approximate surface area is 127 Å². The topological polar surface area (TPSA) is 76.0 Å². The Balaban J connectivity index is 2.15. The third-order valence-electron chi connectivity index (χ3n) is 3.81. The van der Waals surface area contributed by atoms with Crippen molar-refractivity contribution in [2.45, 2.75) is 19.3 Å². The van der Waals surface area contributed by atoms with Gasteiger partial charge in [0.15, 0.2) is 11.5 Å². The van der Waals surface area contributed by atoms with Crippen LogP contribution in [-0.4, -0.2) is 23.3 Å². The second kappa shape index (κ2) is 5.26. The van der Waals surface area contributed by atoms with E-state index in [2.05, 4.69) is 0 Å². The van der Waals surface area contributed by atoms with Crippen molar-refractivity contribution in [1.29, 1.82) is 0 Å². The van der Waals surface area contributed by atoms with Crippen molar-refractivity contribution in [3.05, 3.63) is 47.0 Å². The first-order valence-electron chi connectivity index (χ1n) is 6.90. The van der Waals surface area contributed by atoms with Crippen LogP contribution >= 0.6 is 0 Å². The molecule has 0 unspecified atom stereocenters. The average molecular weight is 300 g/mol. The summed E-state index contributed by atoms with van der Waals surface area (Å²) in [6, 6.07) is 8.27. The van der Waals surface area contributed by atoms with Gasteiger partial charge in [0, 0.05) is 11.5 Å². The molecule has 2 N–H and O–H groups in total. The minimum absolute atomic E-state index is 0.0259. The van der Waals surface area contributed by atoms with Crippen molar-refractivity contribution in [3.63, 3.8) is 0 Å². The van der Waals surface area contributed by atoms with Crippen LogP contribution in [0.15, 0.2) is 30.3 Å². The van der Waals surface area contributed by atoms with Gasteiger partial charge < -0.3 is 19.7 Å². The Hall–Kier alpha value is -2.69. The molecule has 0 aromatic heterocycles. The zero-order valence-electron chi connectivity index (χ0n) is 12.3. The van der Waals surface area contributed by atoms with Gasteiger partial charge in [-0.15, -0.1) is 0 Å². The Kier molecular flexibility index (Phi) is 3.41. The number of rotatable bonds is 2. The van der Waals surface area contributed by atoms with Crippen LogP contribution in [0.2, 0.25) is 0 Å². The van der Waals surface area contributed by atoms with Gasteiger partial charge in [0.05, 0.1) is 13.5 Å². The number of aromatic hydroxyl groups is 2. The highest BCUT2D eigenvalue weighted by atomic mass is 16.5. The number of esters is 1. The number of benzene rings is 2. The molecule has 114 valence electrons. The summed E-state index contributed by atoms with van der Waals surface area (Å²) in [7, 11) is 1.46. The minimum Gasteiger partial charge on any atom is -0.507 e. The highest BCUT2D eigenvalue weighted by Crippen LogP contribution is 2.45. The SMILES string of the molecule is COc1cc([C@@H]2CC(=O)Oc3cc(C)cc(O)c32)ccc1O. The van der Waals surface area contributed by atoms with E-state index in [4.69, 9.17) is 9.47 Å². The molecule has 2 aromatic carbocycles. The number of aryl methyl sites for hydroxylation is 1. The minimum atomic E-state index is -0.352. The fourth-order valence-corrected chi connectivity index (χ4v) is 2.81. The van der Waals surface area contributed by atoms with Crippen LogP contribution in [0.3, 0.4) is 0 Å². The Morgan fingerprint density at radius 2 is 1.95 bits per heavy atom. The highest BCUT2D eigenvalue weighted by molar-refractivity contribution is 5.79. The predicted octanol–water partition coefficient (Wildman–Crippen LogP) is 2.86. The molecule has 5 heteroatoms. The van der Waals surface area contributed by atoms with Crippen LogP contribution in [0.4, 0.5) is 0 Å². The molecule has 0 saturated carbocycles. The van der Waals surface area contributed by atoms with Gasteiger partial charge in [-0.3, -0.25) is 4.79 Å². The van der Waals surface area contributed by atoms with Crippen LogP contribution in [0, 0.1) is 6.92 Å². The number of carbonyl (C=O) groups is 1. The van der Waals surface area contributed by atoms with Gasteiger partial charge in [-0.05, 0) is 42.3 Å². The standard InChI is InChI=1S/C17H16O5/c1-9-5-13(19)17-11(8-16(20)22-15(17)6-9)10-3-4-12(18)14(7-10)21-2/h3-7,11,18-19H,8H2,1-2H3/t11-/m0/s1. The fourth-order valence-electron chi connectivity index (χ4n) is 2.81. The number of phenols is 2. The molecule has 1 atom stereocenters. The van der Waals surface area contributed by atoms with E-state index in [1.54, 1.807) is 24.3 Å². The third-order valence-corrected chi connectivity index (χ3v) is 3.81. The lowest BCUT2D eigenvalue weighted by Gasteiger charge is -2.26. The Morgan fingerprint density at radius 3 is 2.68 bits per heavy atom. The number of hydrogen-bond donors (Lipinski definition) is 2. The second-order valence-corrected chi connectivity index (χ2v) is 5.36. The number of methoxy groups -OCH3 is 1. The van der Waals surface area contributed by atoms with E-state index in [1.807, 2.05) is 6.92 Å². The maximum atomic E-state index is 11.9. The molecule has 0 bridgehead atoms. The van der Waals surface area contributed by atoms with E-state index < -0.39 is 0 Å². The molecule has 0 aliphatic carbocycles. The van der Waals surface area contributed by atoms with Gasteiger partial charge in [0.1, 0.15) is 11.5 Å². The first kappa shape index (κ1) is 14.3. The maximum Gasteiger partial charge on any atom is 0.312 e. The smallest absolute Gasteiger partial charge is 0.312 e. The summed E-state index contributed by atoms with van der Waals surface area (Å²) < 4.78 is 10.4. The molecule has 1 aliphatic rings. The molecule has 22 heavy (non-hydrogen) atoms. The highest BCUT2D eigenvalue weighted by Gasteiger charge is 2.31. The normalized spacial score (nSPS) is 16.8. The molecule has 0 spiro atoms. The average Bonchev–Trinajstić information content (AvgIpc) is 2.46. The summed E-state index contributed by atoms with van der Waals surface area (Å²) in [5.41, 5.74) is 2.16. The van der Waals surface area contributed by atoms with Crippen LogP contribution in [0.25, 0.3) is 0 Å². The molecular formula is C17H16O5. The predicted molar refractivity (Wildman–Crippen MR) is 79.6 cm³/mol. The molecule has 0 amide bonds. The van der Waals surface area contributed by atoms with Crippen molar-refractivity contribution in [2.75, 3.05) is 7.11 Å². The van der Waals surface area contributed by atoms with Crippen molar-refractivity contribution in [1.82, 2.24) is 0 Å². The molecule has 0 saturated heterocycles. The summed E-state index contributed by atoms with van der Waals surface area (Å²) in [5.74, 6) is 0.133. The number of carbonyl (C=O) groups excluding carboxylic acids is 1. The van der Waals surface area contributed by atoms with Gasteiger partial charge in [0.2, 0.25) is 0 Å². The molecule has 5 nitrogen and oxygen atoms in total. The number of phenolic OH excluding ortho intramolecular Hbond substituents is 2. The summed E-state index contributed by atoms with van der Waals surface area (Å²) in [4.78, 5) is 11.9. The lowest BCUT2D eigenvalue weighted by molar-refractivity contribution is -0.135. The Bertz CT molecular complexity index is 751. The lowest BCUT2D eigenvalue weighted by atomic mass is 9.85. The molecule has 0 fully saturated rings. The van der Waals surface area contributed by atoms with E-state index in [-0.39, 0.29) is 29.8 Å². The van der Waals surface area contributed by atoms with E-state index in [0.717, 1.165) is 11.1 Å². The van der Waals surface area contributed by atoms with Crippen LogP contribution in [-0.2, 0) is 4.79 Å². The first-order valence-corrected chi connectivity index (χ1v) is 6.90. The maximum absolute atomic E-state index is 11.9. The second-order valence-electron chi connectivity index (χ2n) is 5.36. The van der Waals surface area contributed by atoms with Gasteiger partial charge in [-0.25, -0.2) is 0 Å². The van der Waals surface area contributed by atoms with Gasteiger partial charge >= 0.3 is 5.97 Å². The number of hydrogen-bond acceptors (Lipinski definition) is 5. The molecule has 0 radical (unpaired) electrons. The molecule has 2 aromatic rings. The Morgan fingerprint density at radius 1 is 1.18 bits per heavy atom. The van der Waals surface area contributed by atoms with Gasteiger partial charge in [0.25, 0.3) is 0 Å². The first-order chi connectivity index (χ1) is 10.5. The fraction of sp³-hybridized carbons (Fsp3) is 0.235. The summed E-state index contributed by atoms with van der Waals surface area (Å²) in [6.07, 6.45) is 0.123. The third kappa shape index (κ3) is 2.35. The van der Waals surface area contributed by atoms with Crippen molar-refractivity contribution in [2.24, 2.45) is 0 Å². The van der Waals surface area contributed by atoms with Crippen LogP contribution in [0.5, 0.6) is 23.0 Å². The quantitative estimate of drug-likeness (QED) is 0.659. The van der Waals surface area contributed by atoms with E-state index in [0.29, 0.717) is 17.1 Å². The van der Waals surface area contributed by atoms with E-state index in [9.17, 15) is 15.0 Å². The molecule has 1 aliphatic heterocycles. The zero-order valence-corrected chi connectivity index (χ0v) is 12.3. The summed E-state index contributed by atoms with van der Waals surface area (Å²) >= 11 is 0. The van der Waals surface area contributed by atoms with Gasteiger partial charge in [-0.1, -0.05) is 6.07 Å². The largest absolute Gasteiger partial charge is 0.507 e. The van der Waals surface area contributed by atoms with E-state index in [1.165, 1.54) is 13.2 Å². The van der Waals surface area contributed by atoms with Crippen molar-refractivity contribution in [3.8, 4) is 23.0 Å². The van der Waals surface area contributed by atoms with E-state index >= 15 is 0 Å². The van der Waals surface area contributed by atoms with Crippen LogP contribution < -0.4 is 9.47 Å². The molecular weight excluding hydrogens is 284 g/mol. The van der Waals surface area contributed by atoms with Crippen LogP contribution in [0.1, 0.15) is 29.0 Å². The van der Waals surface area contributed by atoms with Gasteiger partial charge in [-0.2, -0.15) is 0 Å². The lowest BCUT2D eigenvalue weighted by Crippen LogP contribution is -2.21. The van der Waals surface area contributed by atoms with Crippen molar-refractivity contribution < 1.29 is 24.5 Å². The monoisotopic (exact) mass is 300 g/mol. The number of fused-ring (bicyclic) bond motifs is 1. The molecule has 3 rings (SSSR count). The summed E-state index contributed by atoms with van der Waals surface area (Å²) in [5, 5.41) is 20.0. The van der Waals surface area contributed by atoms with Crippen molar-refractivity contribution >= 4 is 5.97 Å². The summed E-state index contributed by atoms with van der Waals surface area (Å²) in [6.45, 7) is 1.82. The number of ether oxygens (including phenoxy) is 2. The molecule has 1 heterocycles. The zero-order chi connectivity index (χ0) is 15.9.